The van der Waals surface area contributed by atoms with Gasteiger partial charge in [0.1, 0.15) is 12.4 Å². The third-order valence-corrected chi connectivity index (χ3v) is 8.26. The highest BCUT2D eigenvalue weighted by Gasteiger charge is 2.18. The van der Waals surface area contributed by atoms with E-state index in [1.165, 1.54) is 159 Å². The molecule has 1 heterocycles. The lowest BCUT2D eigenvalue weighted by atomic mass is 10.0. The molecule has 0 spiro atoms. The van der Waals surface area contributed by atoms with Crippen molar-refractivity contribution in [1.29, 1.82) is 0 Å². The van der Waals surface area contributed by atoms with Crippen LogP contribution < -0.4 is 4.57 Å². The summed E-state index contributed by atoms with van der Waals surface area (Å²) < 4.78 is 5.03. The minimum absolute atomic E-state index is 1.14. The van der Waals surface area contributed by atoms with E-state index in [2.05, 4.69) is 65.7 Å². The fraction of sp³-hybridized carbons (Fsp3) is 0.750. The summed E-state index contributed by atoms with van der Waals surface area (Å²) in [5.41, 5.74) is 1.36. The van der Waals surface area contributed by atoms with Crippen molar-refractivity contribution in [1.82, 2.24) is 4.57 Å². The Bertz CT molecular complexity index is 763. The van der Waals surface area contributed by atoms with E-state index in [1.807, 2.05) is 0 Å². The van der Waals surface area contributed by atoms with Gasteiger partial charge in [0.05, 0.1) is 18.7 Å². The average Bonchev–Trinajstić information content (AvgIpc) is 3.35. The number of imidazole rings is 1. The van der Waals surface area contributed by atoms with Crippen molar-refractivity contribution in [3.05, 3.63) is 42.7 Å². The first-order valence-electron chi connectivity index (χ1n) is 17.0. The summed E-state index contributed by atoms with van der Waals surface area (Å²) in [7, 11) is 0. The lowest BCUT2D eigenvalue weighted by Gasteiger charge is -2.07. The quantitative estimate of drug-likeness (QED) is 0.0856. The van der Waals surface area contributed by atoms with Gasteiger partial charge >= 0.3 is 0 Å². The number of benzene rings is 1. The molecule has 2 heteroatoms. The summed E-state index contributed by atoms with van der Waals surface area (Å²) in [4.78, 5) is 0. The topological polar surface area (TPSA) is 8.81 Å². The van der Waals surface area contributed by atoms with E-state index in [-0.39, 0.29) is 0 Å². The first-order valence-corrected chi connectivity index (χ1v) is 17.0. The van der Waals surface area contributed by atoms with Crippen LogP contribution in [-0.4, -0.2) is 4.57 Å². The highest BCUT2D eigenvalue weighted by Crippen LogP contribution is 2.18. The molecule has 0 fully saturated rings. The lowest BCUT2D eigenvalue weighted by molar-refractivity contribution is -0.686. The fourth-order valence-electron chi connectivity index (χ4n) is 5.82. The molecular weight excluding hydrogens is 460 g/mol. The van der Waals surface area contributed by atoms with Crippen LogP contribution >= 0.6 is 0 Å². The summed E-state index contributed by atoms with van der Waals surface area (Å²) in [5.74, 6) is 1.40. The van der Waals surface area contributed by atoms with Gasteiger partial charge in [-0.1, -0.05) is 154 Å². The molecule has 0 N–H and O–H groups in total. The lowest BCUT2D eigenvalue weighted by Crippen LogP contribution is -2.34. The Labute approximate surface area is 237 Å². The average molecular weight is 524 g/mol. The molecule has 0 bridgehead atoms. The first kappa shape index (κ1) is 32.6. The molecule has 0 atom stereocenters. The Morgan fingerprint density at radius 1 is 0.500 bits per heavy atom. The molecule has 0 saturated carbocycles. The Morgan fingerprint density at radius 2 is 0.921 bits per heavy atom. The summed E-state index contributed by atoms with van der Waals surface area (Å²) in [6.07, 6.45) is 37.1. The van der Waals surface area contributed by atoms with Gasteiger partial charge in [-0.3, -0.25) is 0 Å². The van der Waals surface area contributed by atoms with E-state index in [0.717, 1.165) is 13.1 Å². The van der Waals surface area contributed by atoms with Crippen LogP contribution in [0.4, 0.5) is 0 Å². The normalized spacial score (nSPS) is 11.4. The molecule has 0 aliphatic heterocycles. The molecule has 0 unspecified atom stereocenters. The second-order valence-electron chi connectivity index (χ2n) is 11.8. The smallest absolute Gasteiger partial charge is 0.230 e. The van der Waals surface area contributed by atoms with Crippen molar-refractivity contribution in [3.63, 3.8) is 0 Å². The fourth-order valence-corrected chi connectivity index (χ4v) is 5.82. The minimum atomic E-state index is 1.14. The Kier molecular flexibility index (Phi) is 20.0. The summed E-state index contributed by atoms with van der Waals surface area (Å²) >= 11 is 0. The van der Waals surface area contributed by atoms with Gasteiger partial charge < -0.3 is 0 Å². The first-order chi connectivity index (χ1) is 18.9. The second-order valence-corrected chi connectivity index (χ2v) is 11.8. The zero-order valence-electron chi connectivity index (χ0n) is 25.6. The molecule has 38 heavy (non-hydrogen) atoms. The Hall–Kier alpha value is -1.57. The molecule has 0 aliphatic rings. The molecule has 0 amide bonds. The molecule has 1 aromatic carbocycles. The number of aryl methyl sites for hydroxylation is 2. The SMILES string of the molecule is CCCCCCCCCCCCCCCCn1cc[n+](CCCCCCCCCCC)c1-c1ccccc1. The monoisotopic (exact) mass is 523 g/mol. The minimum Gasteiger partial charge on any atom is -0.230 e. The van der Waals surface area contributed by atoms with Crippen LogP contribution in [0.25, 0.3) is 11.4 Å². The predicted molar refractivity (Wildman–Crippen MR) is 168 cm³/mol. The van der Waals surface area contributed by atoms with Gasteiger partial charge in [0, 0.05) is 0 Å². The van der Waals surface area contributed by atoms with Gasteiger partial charge in [-0.05, 0) is 37.8 Å². The number of hydrogen-bond acceptors (Lipinski definition) is 0. The van der Waals surface area contributed by atoms with Crippen LogP contribution in [-0.2, 0) is 13.1 Å². The number of rotatable bonds is 26. The van der Waals surface area contributed by atoms with Gasteiger partial charge in [-0.25, -0.2) is 9.13 Å². The molecule has 0 saturated heterocycles. The summed E-state index contributed by atoms with van der Waals surface area (Å²) in [5, 5.41) is 0. The Morgan fingerprint density at radius 3 is 1.39 bits per heavy atom. The van der Waals surface area contributed by atoms with Crippen LogP contribution in [0.2, 0.25) is 0 Å². The number of unbranched alkanes of at least 4 members (excludes halogenated alkanes) is 21. The number of aromatic nitrogens is 2. The molecule has 216 valence electrons. The maximum Gasteiger partial charge on any atom is 0.288 e. The maximum absolute atomic E-state index is 2.52. The van der Waals surface area contributed by atoms with E-state index >= 15 is 0 Å². The summed E-state index contributed by atoms with van der Waals surface area (Å²) in [6.45, 7) is 6.89. The largest absolute Gasteiger partial charge is 0.288 e. The van der Waals surface area contributed by atoms with Gasteiger partial charge in [0.2, 0.25) is 0 Å². The van der Waals surface area contributed by atoms with Crippen molar-refractivity contribution in [2.24, 2.45) is 0 Å². The van der Waals surface area contributed by atoms with E-state index in [1.54, 1.807) is 0 Å². The van der Waals surface area contributed by atoms with E-state index < -0.39 is 0 Å². The van der Waals surface area contributed by atoms with Crippen LogP contribution in [0.1, 0.15) is 162 Å². The third kappa shape index (κ3) is 15.1. The highest BCUT2D eigenvalue weighted by molar-refractivity contribution is 5.52. The zero-order valence-corrected chi connectivity index (χ0v) is 25.6. The van der Waals surface area contributed by atoms with Crippen molar-refractivity contribution in [2.75, 3.05) is 0 Å². The molecule has 0 aliphatic carbocycles. The second kappa shape index (κ2) is 23.3. The Balaban J connectivity index is 1.61. The van der Waals surface area contributed by atoms with E-state index in [0.29, 0.717) is 0 Å². The van der Waals surface area contributed by atoms with E-state index in [9.17, 15) is 0 Å². The van der Waals surface area contributed by atoms with Gasteiger partial charge in [0.25, 0.3) is 5.82 Å². The van der Waals surface area contributed by atoms with Crippen molar-refractivity contribution in [3.8, 4) is 11.4 Å². The standard InChI is InChI=1S/C36H63N2/c1-3-5-7-9-11-13-14-15-16-17-19-21-23-28-32-38-34-33-37(36(38)35-29-25-24-26-30-35)31-27-22-20-18-12-10-8-6-4-2/h24-26,29-30,33-34H,3-23,27-28,31-32H2,1-2H3/q+1. The van der Waals surface area contributed by atoms with E-state index in [4.69, 9.17) is 0 Å². The number of hydrogen-bond donors (Lipinski definition) is 0. The van der Waals surface area contributed by atoms with Gasteiger partial charge in [-0.15, -0.1) is 0 Å². The number of nitrogens with zero attached hydrogens (tertiary/aromatic N) is 2. The van der Waals surface area contributed by atoms with Crippen LogP contribution in [0, 0.1) is 0 Å². The molecule has 0 radical (unpaired) electrons. The maximum atomic E-state index is 2.52. The van der Waals surface area contributed by atoms with Crippen LogP contribution in [0.3, 0.4) is 0 Å². The van der Waals surface area contributed by atoms with Crippen molar-refractivity contribution in [2.45, 2.75) is 175 Å². The van der Waals surface area contributed by atoms with Crippen LogP contribution in [0.5, 0.6) is 0 Å². The zero-order chi connectivity index (χ0) is 26.9. The van der Waals surface area contributed by atoms with Crippen molar-refractivity contribution < 1.29 is 4.57 Å². The van der Waals surface area contributed by atoms with Crippen LogP contribution in [0.15, 0.2) is 42.7 Å². The molecular formula is C36H63N2+. The molecule has 1 aromatic heterocycles. The third-order valence-electron chi connectivity index (χ3n) is 8.26. The highest BCUT2D eigenvalue weighted by atomic mass is 15.1. The van der Waals surface area contributed by atoms with Gasteiger partial charge in [0.15, 0.2) is 0 Å². The molecule has 2 aromatic rings. The molecule has 2 nitrogen and oxygen atoms in total. The predicted octanol–water partition coefficient (Wildman–Crippen LogP) is 11.5. The molecule has 2 rings (SSSR count). The van der Waals surface area contributed by atoms with Crippen molar-refractivity contribution >= 4 is 0 Å². The summed E-state index contributed by atoms with van der Waals surface area (Å²) in [6, 6.07) is 11.1. The van der Waals surface area contributed by atoms with Gasteiger partial charge in [-0.2, -0.15) is 0 Å².